The van der Waals surface area contributed by atoms with Crippen molar-refractivity contribution in [1.29, 1.82) is 0 Å². The highest BCUT2D eigenvalue weighted by atomic mass is 35.5. The Balaban J connectivity index is 1.67. The summed E-state index contributed by atoms with van der Waals surface area (Å²) in [5.41, 5.74) is 3.93. The van der Waals surface area contributed by atoms with Crippen molar-refractivity contribution in [2.75, 3.05) is 12.4 Å². The van der Waals surface area contributed by atoms with Crippen LogP contribution in [0.25, 0.3) is 22.6 Å². The predicted octanol–water partition coefficient (Wildman–Crippen LogP) is 8.23. The number of oxazole rings is 1. The first-order valence-corrected chi connectivity index (χ1v) is 11.5. The molecule has 0 aliphatic heterocycles. The molecule has 1 unspecified atom stereocenters. The van der Waals surface area contributed by atoms with Crippen molar-refractivity contribution < 1.29 is 13.9 Å². The highest BCUT2D eigenvalue weighted by Gasteiger charge is 2.19. The molecule has 0 radical (unpaired) electrons. The third-order valence-corrected chi connectivity index (χ3v) is 6.34. The van der Waals surface area contributed by atoms with Crippen molar-refractivity contribution >= 4 is 57.5 Å². The quantitative estimate of drug-likeness (QED) is 0.288. The summed E-state index contributed by atoms with van der Waals surface area (Å²) in [7, 11) is 1.43. The molecule has 170 valence electrons. The molecule has 1 heterocycles. The Labute approximate surface area is 206 Å². The van der Waals surface area contributed by atoms with E-state index in [0.717, 1.165) is 11.9 Å². The minimum absolute atomic E-state index is 0.191. The summed E-state index contributed by atoms with van der Waals surface area (Å²) in [6, 6.07) is 14.2. The van der Waals surface area contributed by atoms with Gasteiger partial charge in [-0.05, 0) is 60.4 Å². The lowest BCUT2D eigenvalue weighted by Crippen LogP contribution is -2.14. The number of rotatable bonds is 6. The Hall–Kier alpha value is -2.73. The van der Waals surface area contributed by atoms with Gasteiger partial charge in [-0.1, -0.05) is 54.7 Å². The van der Waals surface area contributed by atoms with Crippen LogP contribution in [0.4, 0.5) is 5.69 Å². The number of fused-ring (bicyclic) bond motifs is 1. The second kappa shape index (κ2) is 9.64. The first-order chi connectivity index (χ1) is 15.8. The van der Waals surface area contributed by atoms with Crippen LogP contribution in [0, 0.1) is 0 Å². The smallest absolute Gasteiger partial charge is 0.259 e. The number of carbonyl (C=O) groups excluding carboxylic acids is 1. The molecule has 3 aromatic carbocycles. The number of anilines is 1. The van der Waals surface area contributed by atoms with Crippen LogP contribution in [0.2, 0.25) is 15.1 Å². The van der Waals surface area contributed by atoms with Crippen molar-refractivity contribution in [2.24, 2.45) is 0 Å². The number of carbonyl (C=O) groups is 1. The van der Waals surface area contributed by atoms with Crippen molar-refractivity contribution in [3.8, 4) is 17.2 Å². The third-order valence-electron chi connectivity index (χ3n) is 5.51. The molecule has 1 atom stereocenters. The maximum absolute atomic E-state index is 13.0. The van der Waals surface area contributed by atoms with E-state index < -0.39 is 5.91 Å². The summed E-state index contributed by atoms with van der Waals surface area (Å²) in [5.74, 6) is 0.624. The summed E-state index contributed by atoms with van der Waals surface area (Å²) in [4.78, 5) is 17.6. The average Bonchev–Trinajstić information content (AvgIpc) is 3.22. The van der Waals surface area contributed by atoms with Crippen LogP contribution < -0.4 is 10.1 Å². The maximum atomic E-state index is 13.0. The monoisotopic (exact) mass is 502 g/mol. The molecule has 4 rings (SSSR count). The Morgan fingerprint density at radius 3 is 2.61 bits per heavy atom. The molecule has 33 heavy (non-hydrogen) atoms. The SMILES string of the molecule is CCC(C)c1ccc2oc(-c3ccc(Cl)c(NC(=O)c4cc(Cl)cc(Cl)c4OC)c3)nc2c1. The van der Waals surface area contributed by atoms with Gasteiger partial charge < -0.3 is 14.5 Å². The Kier molecular flexibility index (Phi) is 6.84. The molecule has 5 nitrogen and oxygen atoms in total. The maximum Gasteiger partial charge on any atom is 0.259 e. The highest BCUT2D eigenvalue weighted by Crippen LogP contribution is 2.35. The predicted molar refractivity (Wildman–Crippen MR) is 134 cm³/mol. The lowest BCUT2D eigenvalue weighted by atomic mass is 9.98. The Bertz CT molecular complexity index is 1350. The van der Waals surface area contributed by atoms with E-state index in [1.54, 1.807) is 18.2 Å². The second-order valence-corrected chi connectivity index (χ2v) is 8.92. The molecule has 8 heteroatoms. The number of ether oxygens (including phenoxy) is 1. The highest BCUT2D eigenvalue weighted by molar-refractivity contribution is 6.37. The lowest BCUT2D eigenvalue weighted by Gasteiger charge is -2.12. The van der Waals surface area contributed by atoms with E-state index >= 15 is 0 Å². The normalized spacial score (nSPS) is 12.1. The van der Waals surface area contributed by atoms with E-state index in [1.807, 2.05) is 12.1 Å². The van der Waals surface area contributed by atoms with Crippen molar-refractivity contribution in [3.05, 3.63) is 74.7 Å². The van der Waals surface area contributed by atoms with Crippen LogP contribution in [0.3, 0.4) is 0 Å². The Morgan fingerprint density at radius 1 is 1.09 bits per heavy atom. The molecule has 4 aromatic rings. The number of halogens is 3. The van der Waals surface area contributed by atoms with E-state index in [-0.39, 0.29) is 16.3 Å². The second-order valence-electron chi connectivity index (χ2n) is 7.67. The molecule has 1 N–H and O–H groups in total. The summed E-state index contributed by atoms with van der Waals surface area (Å²) in [5, 5.41) is 3.70. The fraction of sp³-hybridized carbons (Fsp3) is 0.200. The van der Waals surface area contributed by atoms with Gasteiger partial charge >= 0.3 is 0 Å². The largest absolute Gasteiger partial charge is 0.494 e. The van der Waals surface area contributed by atoms with Gasteiger partial charge in [-0.15, -0.1) is 0 Å². The van der Waals surface area contributed by atoms with Gasteiger partial charge in [0.25, 0.3) is 5.91 Å². The standard InChI is InChI=1S/C25H21Cl3N2O3/c1-4-13(2)14-6-8-22-21(9-14)30-25(33-22)15-5-7-18(27)20(10-15)29-24(31)17-11-16(26)12-19(28)23(17)32-3/h5-13H,4H2,1-3H3,(H,29,31). The van der Waals surface area contributed by atoms with E-state index in [4.69, 9.17) is 44.0 Å². The van der Waals surface area contributed by atoms with Gasteiger partial charge in [0.05, 0.1) is 28.4 Å². The summed E-state index contributed by atoms with van der Waals surface area (Å²) in [6.45, 7) is 4.33. The van der Waals surface area contributed by atoms with Crippen molar-refractivity contribution in [3.63, 3.8) is 0 Å². The summed E-state index contributed by atoms with van der Waals surface area (Å²) >= 11 is 18.6. The molecule has 0 saturated carbocycles. The number of amides is 1. The molecule has 1 amide bonds. The lowest BCUT2D eigenvalue weighted by molar-refractivity contribution is 0.102. The van der Waals surface area contributed by atoms with Gasteiger partial charge in [-0.3, -0.25) is 4.79 Å². The number of aromatic nitrogens is 1. The Morgan fingerprint density at radius 2 is 1.88 bits per heavy atom. The van der Waals surface area contributed by atoms with Crippen LogP contribution in [-0.4, -0.2) is 18.0 Å². The summed E-state index contributed by atoms with van der Waals surface area (Å²) in [6.07, 6.45) is 1.04. The molecule has 1 aromatic heterocycles. The fourth-order valence-electron chi connectivity index (χ4n) is 3.49. The topological polar surface area (TPSA) is 64.4 Å². The number of hydrogen-bond acceptors (Lipinski definition) is 4. The zero-order chi connectivity index (χ0) is 23.7. The van der Waals surface area contributed by atoms with E-state index in [0.29, 0.717) is 38.7 Å². The molecule has 0 spiro atoms. The number of benzene rings is 3. The first kappa shape index (κ1) is 23.4. The molecule has 0 bridgehead atoms. The molecule has 0 saturated heterocycles. The van der Waals surface area contributed by atoms with Gasteiger partial charge in [0.1, 0.15) is 11.3 Å². The van der Waals surface area contributed by atoms with Crippen LogP contribution >= 0.6 is 34.8 Å². The first-order valence-electron chi connectivity index (χ1n) is 10.4. The molecular formula is C25H21Cl3N2O3. The molecule has 0 fully saturated rings. The van der Waals surface area contributed by atoms with Crippen LogP contribution in [-0.2, 0) is 0 Å². The number of nitrogens with zero attached hydrogens (tertiary/aromatic N) is 1. The number of nitrogens with one attached hydrogen (secondary N) is 1. The minimum Gasteiger partial charge on any atom is -0.494 e. The van der Waals surface area contributed by atoms with Gasteiger partial charge in [-0.25, -0.2) is 4.98 Å². The van der Waals surface area contributed by atoms with Crippen LogP contribution in [0.15, 0.2) is 52.9 Å². The third kappa shape index (κ3) is 4.81. The van der Waals surface area contributed by atoms with Crippen LogP contribution in [0.1, 0.15) is 42.1 Å². The molecule has 0 aliphatic rings. The van der Waals surface area contributed by atoms with Gasteiger partial charge in [0, 0.05) is 10.6 Å². The van der Waals surface area contributed by atoms with Gasteiger partial charge in [0.2, 0.25) is 5.89 Å². The minimum atomic E-state index is -0.467. The van der Waals surface area contributed by atoms with Gasteiger partial charge in [-0.2, -0.15) is 0 Å². The van der Waals surface area contributed by atoms with E-state index in [1.165, 1.54) is 24.8 Å². The van der Waals surface area contributed by atoms with Crippen LogP contribution in [0.5, 0.6) is 5.75 Å². The average molecular weight is 504 g/mol. The molecule has 0 aliphatic carbocycles. The summed E-state index contributed by atoms with van der Waals surface area (Å²) < 4.78 is 11.2. The van der Waals surface area contributed by atoms with E-state index in [9.17, 15) is 4.79 Å². The zero-order valence-electron chi connectivity index (χ0n) is 18.2. The zero-order valence-corrected chi connectivity index (χ0v) is 20.5. The number of hydrogen-bond donors (Lipinski definition) is 1. The fourth-order valence-corrected chi connectivity index (χ4v) is 4.23. The van der Waals surface area contributed by atoms with E-state index in [2.05, 4.69) is 30.2 Å². The van der Waals surface area contributed by atoms with Gasteiger partial charge in [0.15, 0.2) is 5.58 Å². The van der Waals surface area contributed by atoms with Crippen molar-refractivity contribution in [2.45, 2.75) is 26.2 Å². The number of methoxy groups -OCH3 is 1. The molecular weight excluding hydrogens is 483 g/mol. The van der Waals surface area contributed by atoms with Crippen molar-refractivity contribution in [1.82, 2.24) is 4.98 Å².